The summed E-state index contributed by atoms with van der Waals surface area (Å²) < 4.78 is 5.63. The zero-order valence-corrected chi connectivity index (χ0v) is 12.4. The van der Waals surface area contributed by atoms with Crippen LogP contribution in [0.3, 0.4) is 0 Å². The van der Waals surface area contributed by atoms with Crippen molar-refractivity contribution in [2.75, 3.05) is 13.6 Å². The standard InChI is InChI=1S/C15H22N2O3/c1-10(2)12-6-5-7-13(8-12)20-11(3)15(19)17(4)9-14(16)18/h5-8,10-11H,9H2,1-4H3,(H2,16,18)/t11-/m1/s1. The van der Waals surface area contributed by atoms with Gasteiger partial charge in [-0.2, -0.15) is 0 Å². The lowest BCUT2D eigenvalue weighted by Gasteiger charge is -2.21. The predicted molar refractivity (Wildman–Crippen MR) is 77.5 cm³/mol. The van der Waals surface area contributed by atoms with E-state index in [1.54, 1.807) is 6.92 Å². The van der Waals surface area contributed by atoms with Crippen molar-refractivity contribution in [3.63, 3.8) is 0 Å². The SMILES string of the molecule is CC(C)c1cccc(O[C@H](C)C(=O)N(C)CC(N)=O)c1. The van der Waals surface area contributed by atoms with E-state index < -0.39 is 12.0 Å². The van der Waals surface area contributed by atoms with Crippen LogP contribution >= 0.6 is 0 Å². The fraction of sp³-hybridized carbons (Fsp3) is 0.467. The van der Waals surface area contributed by atoms with Crippen molar-refractivity contribution in [2.24, 2.45) is 5.73 Å². The molecule has 0 saturated heterocycles. The molecule has 0 aliphatic rings. The highest BCUT2D eigenvalue weighted by molar-refractivity contribution is 5.86. The highest BCUT2D eigenvalue weighted by Crippen LogP contribution is 2.21. The van der Waals surface area contributed by atoms with Crippen molar-refractivity contribution in [1.29, 1.82) is 0 Å². The summed E-state index contributed by atoms with van der Waals surface area (Å²) in [7, 11) is 1.53. The Morgan fingerprint density at radius 2 is 1.95 bits per heavy atom. The number of carbonyl (C=O) groups is 2. The Labute approximate surface area is 119 Å². The van der Waals surface area contributed by atoms with Gasteiger partial charge in [0, 0.05) is 7.05 Å². The third-order valence-corrected chi connectivity index (χ3v) is 2.95. The summed E-state index contributed by atoms with van der Waals surface area (Å²) in [5, 5.41) is 0. The second-order valence-electron chi connectivity index (χ2n) is 5.15. The minimum Gasteiger partial charge on any atom is -0.481 e. The van der Waals surface area contributed by atoms with E-state index in [1.165, 1.54) is 11.9 Å². The van der Waals surface area contributed by atoms with Gasteiger partial charge in [0.25, 0.3) is 5.91 Å². The Hall–Kier alpha value is -2.04. The Morgan fingerprint density at radius 3 is 2.50 bits per heavy atom. The molecule has 0 aliphatic carbocycles. The molecule has 20 heavy (non-hydrogen) atoms. The minimum atomic E-state index is -0.665. The largest absolute Gasteiger partial charge is 0.481 e. The second kappa shape index (κ2) is 6.93. The molecule has 0 heterocycles. The van der Waals surface area contributed by atoms with Gasteiger partial charge in [-0.25, -0.2) is 0 Å². The number of nitrogens with two attached hydrogens (primary N) is 1. The smallest absolute Gasteiger partial charge is 0.263 e. The van der Waals surface area contributed by atoms with Gasteiger partial charge < -0.3 is 15.4 Å². The van der Waals surface area contributed by atoms with E-state index in [-0.39, 0.29) is 12.5 Å². The number of amides is 2. The monoisotopic (exact) mass is 278 g/mol. The molecule has 5 nitrogen and oxygen atoms in total. The molecular weight excluding hydrogens is 256 g/mol. The van der Waals surface area contributed by atoms with Gasteiger partial charge >= 0.3 is 0 Å². The number of hydrogen-bond donors (Lipinski definition) is 1. The summed E-state index contributed by atoms with van der Waals surface area (Å²) >= 11 is 0. The first-order chi connectivity index (χ1) is 9.31. The van der Waals surface area contributed by atoms with E-state index in [1.807, 2.05) is 24.3 Å². The van der Waals surface area contributed by atoms with Crippen LogP contribution in [0.5, 0.6) is 5.75 Å². The number of ether oxygens (including phenoxy) is 1. The van der Waals surface area contributed by atoms with Gasteiger partial charge in [-0.05, 0) is 30.5 Å². The van der Waals surface area contributed by atoms with E-state index in [0.29, 0.717) is 11.7 Å². The maximum Gasteiger partial charge on any atom is 0.263 e. The van der Waals surface area contributed by atoms with Crippen LogP contribution in [0.1, 0.15) is 32.3 Å². The fourth-order valence-electron chi connectivity index (χ4n) is 1.82. The van der Waals surface area contributed by atoms with Crippen molar-refractivity contribution in [2.45, 2.75) is 32.8 Å². The zero-order valence-electron chi connectivity index (χ0n) is 12.4. The van der Waals surface area contributed by atoms with Crippen LogP contribution < -0.4 is 10.5 Å². The Bertz CT molecular complexity index is 486. The van der Waals surface area contributed by atoms with Gasteiger partial charge in [-0.3, -0.25) is 9.59 Å². The molecule has 0 aromatic heterocycles. The maximum atomic E-state index is 12.0. The number of primary amides is 1. The van der Waals surface area contributed by atoms with Crippen LogP contribution in [-0.2, 0) is 9.59 Å². The summed E-state index contributed by atoms with van der Waals surface area (Å²) in [6.45, 7) is 5.73. The molecule has 0 bridgehead atoms. The molecule has 2 amide bonds. The quantitative estimate of drug-likeness (QED) is 0.857. The molecule has 0 spiro atoms. The molecule has 1 rings (SSSR count). The summed E-state index contributed by atoms with van der Waals surface area (Å²) in [6, 6.07) is 7.64. The van der Waals surface area contributed by atoms with Crippen molar-refractivity contribution in [3.05, 3.63) is 29.8 Å². The zero-order chi connectivity index (χ0) is 15.3. The van der Waals surface area contributed by atoms with Crippen molar-refractivity contribution >= 4 is 11.8 Å². The summed E-state index contributed by atoms with van der Waals surface area (Å²) in [6.07, 6.45) is -0.665. The van der Waals surface area contributed by atoms with E-state index >= 15 is 0 Å². The Kier molecular flexibility index (Phi) is 5.55. The molecule has 5 heteroatoms. The predicted octanol–water partition coefficient (Wildman–Crippen LogP) is 1.52. The maximum absolute atomic E-state index is 12.0. The van der Waals surface area contributed by atoms with Crippen LogP contribution in [0.2, 0.25) is 0 Å². The molecular formula is C15H22N2O3. The molecule has 0 fully saturated rings. The first-order valence-corrected chi connectivity index (χ1v) is 6.61. The van der Waals surface area contributed by atoms with Gasteiger partial charge in [0.2, 0.25) is 5.91 Å². The van der Waals surface area contributed by atoms with Crippen LogP contribution in [0.4, 0.5) is 0 Å². The molecule has 1 atom stereocenters. The van der Waals surface area contributed by atoms with Gasteiger partial charge in [0.1, 0.15) is 5.75 Å². The average Bonchev–Trinajstić information content (AvgIpc) is 2.37. The van der Waals surface area contributed by atoms with Gasteiger partial charge in [0.15, 0.2) is 6.10 Å². The average molecular weight is 278 g/mol. The van der Waals surface area contributed by atoms with Crippen molar-refractivity contribution < 1.29 is 14.3 Å². The fourth-order valence-corrected chi connectivity index (χ4v) is 1.82. The summed E-state index contributed by atoms with van der Waals surface area (Å²) in [5.74, 6) is 0.209. The summed E-state index contributed by atoms with van der Waals surface area (Å²) in [4.78, 5) is 24.1. The number of likely N-dealkylation sites (N-methyl/N-ethyl adjacent to an activating group) is 1. The number of carbonyl (C=O) groups excluding carboxylic acids is 2. The number of hydrogen-bond acceptors (Lipinski definition) is 3. The highest BCUT2D eigenvalue weighted by atomic mass is 16.5. The summed E-state index contributed by atoms with van der Waals surface area (Å²) in [5.41, 5.74) is 6.21. The van der Waals surface area contributed by atoms with Crippen LogP contribution in [0.25, 0.3) is 0 Å². The van der Waals surface area contributed by atoms with Crippen LogP contribution in [0, 0.1) is 0 Å². The van der Waals surface area contributed by atoms with Crippen molar-refractivity contribution in [1.82, 2.24) is 4.90 Å². The van der Waals surface area contributed by atoms with E-state index in [0.717, 1.165) is 5.56 Å². The third kappa shape index (κ3) is 4.57. The van der Waals surface area contributed by atoms with Crippen molar-refractivity contribution in [3.8, 4) is 5.75 Å². The lowest BCUT2D eigenvalue weighted by Crippen LogP contribution is -2.42. The van der Waals surface area contributed by atoms with E-state index in [4.69, 9.17) is 10.5 Å². The minimum absolute atomic E-state index is 0.113. The van der Waals surface area contributed by atoms with E-state index in [2.05, 4.69) is 13.8 Å². The number of benzene rings is 1. The van der Waals surface area contributed by atoms with Crippen LogP contribution in [0.15, 0.2) is 24.3 Å². The van der Waals surface area contributed by atoms with Crippen LogP contribution in [-0.4, -0.2) is 36.4 Å². The van der Waals surface area contributed by atoms with Gasteiger partial charge in [-0.1, -0.05) is 26.0 Å². The second-order valence-corrected chi connectivity index (χ2v) is 5.15. The molecule has 0 saturated carbocycles. The normalized spacial score (nSPS) is 12.1. The first kappa shape index (κ1) is 16.0. The first-order valence-electron chi connectivity index (χ1n) is 6.61. The Morgan fingerprint density at radius 1 is 1.30 bits per heavy atom. The lowest BCUT2D eigenvalue weighted by atomic mass is 10.0. The molecule has 2 N–H and O–H groups in total. The number of nitrogens with zero attached hydrogens (tertiary/aromatic N) is 1. The molecule has 1 aromatic carbocycles. The van der Waals surface area contributed by atoms with E-state index in [9.17, 15) is 9.59 Å². The molecule has 110 valence electrons. The lowest BCUT2D eigenvalue weighted by molar-refractivity contribution is -0.139. The Balaban J connectivity index is 2.70. The molecule has 0 aliphatic heterocycles. The molecule has 0 radical (unpaired) electrons. The molecule has 1 aromatic rings. The highest BCUT2D eigenvalue weighted by Gasteiger charge is 2.20. The topological polar surface area (TPSA) is 72.6 Å². The van der Waals surface area contributed by atoms with Gasteiger partial charge in [0.05, 0.1) is 6.54 Å². The molecule has 0 unspecified atom stereocenters. The number of rotatable bonds is 6. The van der Waals surface area contributed by atoms with Gasteiger partial charge in [-0.15, -0.1) is 0 Å². The third-order valence-electron chi connectivity index (χ3n) is 2.95.